The van der Waals surface area contributed by atoms with Gasteiger partial charge in [-0.1, -0.05) is 19.9 Å². The van der Waals surface area contributed by atoms with Crippen molar-refractivity contribution < 1.29 is 19.2 Å². The molecule has 3 atom stereocenters. The van der Waals surface area contributed by atoms with E-state index in [2.05, 4.69) is 40.2 Å². The maximum absolute atomic E-state index is 14.0. The third-order valence-electron chi connectivity index (χ3n) is 10.0. The fraction of sp³-hybridized carbons (Fsp3) is 0.606. The number of urea groups is 1. The summed E-state index contributed by atoms with van der Waals surface area (Å²) in [6.45, 7) is 8.52. The first-order valence-corrected chi connectivity index (χ1v) is 16.1. The van der Waals surface area contributed by atoms with Crippen molar-refractivity contribution in [2.24, 2.45) is 23.7 Å². The minimum atomic E-state index is -1.04. The highest BCUT2D eigenvalue weighted by Crippen LogP contribution is 2.51. The molecule has 1 unspecified atom stereocenters. The molecule has 2 saturated carbocycles. The number of aromatic nitrogens is 2. The van der Waals surface area contributed by atoms with Crippen LogP contribution in [0, 0.1) is 23.7 Å². The molecule has 1 aromatic carbocycles. The number of carbonyl (C=O) groups is 4. The number of benzene rings is 1. The third kappa shape index (κ3) is 5.57. The molecule has 1 aromatic heterocycles. The third-order valence-corrected chi connectivity index (χ3v) is 10.0. The Morgan fingerprint density at radius 3 is 2.27 bits per heavy atom. The van der Waals surface area contributed by atoms with Gasteiger partial charge in [-0.05, 0) is 92.5 Å². The van der Waals surface area contributed by atoms with Gasteiger partial charge in [0.05, 0.1) is 6.04 Å². The predicted molar refractivity (Wildman–Crippen MR) is 166 cm³/mol. The lowest BCUT2D eigenvalue weighted by Gasteiger charge is -2.36. The highest BCUT2D eigenvalue weighted by Gasteiger charge is 2.53. The molecule has 0 bridgehead atoms. The van der Waals surface area contributed by atoms with E-state index in [9.17, 15) is 19.2 Å². The molecular weight excluding hydrogens is 558 g/mol. The summed E-state index contributed by atoms with van der Waals surface area (Å²) in [5.41, 5.74) is 1.93. The zero-order chi connectivity index (χ0) is 31.3. The molecule has 0 spiro atoms. The molecule has 5 amide bonds. The summed E-state index contributed by atoms with van der Waals surface area (Å²) < 4.78 is 1.68. The quantitative estimate of drug-likeness (QED) is 0.313. The number of fused-ring (bicyclic) bond motifs is 1. The Labute approximate surface area is 258 Å². The van der Waals surface area contributed by atoms with E-state index in [0.29, 0.717) is 42.6 Å². The maximum Gasteiger partial charge on any atom is 0.318 e. The van der Waals surface area contributed by atoms with E-state index in [-0.39, 0.29) is 47.7 Å². The average Bonchev–Trinajstić information content (AvgIpc) is 3.87. The topological polar surface area (TPSA) is 137 Å². The number of hydrogen-bond acceptors (Lipinski definition) is 5. The highest BCUT2D eigenvalue weighted by molar-refractivity contribution is 6.01. The zero-order valence-electron chi connectivity index (χ0n) is 26.4. The van der Waals surface area contributed by atoms with E-state index in [1.165, 1.54) is 0 Å². The molecule has 0 radical (unpaired) electrons. The van der Waals surface area contributed by atoms with Crippen LogP contribution in [0.3, 0.4) is 0 Å². The number of hydrogen-bond donors (Lipinski definition) is 4. The van der Waals surface area contributed by atoms with Crippen molar-refractivity contribution >= 4 is 29.4 Å². The van der Waals surface area contributed by atoms with Crippen LogP contribution in [0.15, 0.2) is 30.5 Å². The summed E-state index contributed by atoms with van der Waals surface area (Å²) in [6, 6.07) is 6.50. The van der Waals surface area contributed by atoms with Crippen LogP contribution < -0.4 is 21.3 Å². The van der Waals surface area contributed by atoms with Gasteiger partial charge < -0.3 is 26.2 Å². The van der Waals surface area contributed by atoms with Crippen LogP contribution in [-0.4, -0.2) is 69.6 Å². The smallest absolute Gasteiger partial charge is 0.318 e. The van der Waals surface area contributed by atoms with Crippen LogP contribution in [-0.2, 0) is 22.4 Å². The standard InChI is InChI=1S/C33H45N7O4/c1-18(2)25-17-39(32(44)37-25)33(31(43)34-5)15-22-10-11-24(14-23(22)16-33)36-30(42)28(27(20-6-7-20)21-8-9-21)38-29(41)26-12-13-35-40(26)19(3)4/h10-14,18-21,25,27-28H,6-9,15-17H2,1-5H3,(H,34,43)(H,36,42)(H,37,44)(H,38,41)/t25-,28-,33?/m0/s1. The number of rotatable bonds is 11. The van der Waals surface area contributed by atoms with Crippen LogP contribution in [0.1, 0.15) is 81.0 Å². The van der Waals surface area contributed by atoms with Gasteiger partial charge in [0.25, 0.3) is 5.91 Å². The van der Waals surface area contributed by atoms with E-state index >= 15 is 0 Å². The van der Waals surface area contributed by atoms with Crippen molar-refractivity contribution in [3.63, 3.8) is 0 Å². The Kier molecular flexibility index (Phi) is 7.92. The monoisotopic (exact) mass is 603 g/mol. The van der Waals surface area contributed by atoms with E-state index in [1.807, 2.05) is 32.0 Å². The minimum absolute atomic E-state index is 0.0110. The number of anilines is 1. The summed E-state index contributed by atoms with van der Waals surface area (Å²) in [7, 11) is 1.60. The Morgan fingerprint density at radius 1 is 1.00 bits per heavy atom. The summed E-state index contributed by atoms with van der Waals surface area (Å²) in [5.74, 6) is 0.477. The van der Waals surface area contributed by atoms with Gasteiger partial charge in [-0.15, -0.1) is 0 Å². The molecule has 3 fully saturated rings. The first kappa shape index (κ1) is 30.1. The Bertz CT molecular complexity index is 1450. The lowest BCUT2D eigenvalue weighted by molar-refractivity contribution is -0.130. The number of nitrogens with zero attached hydrogens (tertiary/aromatic N) is 3. The zero-order valence-corrected chi connectivity index (χ0v) is 26.4. The van der Waals surface area contributed by atoms with Crippen LogP contribution in [0.25, 0.3) is 0 Å². The van der Waals surface area contributed by atoms with E-state index in [1.54, 1.807) is 28.9 Å². The SMILES string of the molecule is CNC(=O)C1(N2C[C@@H](C(C)C)NC2=O)Cc2ccc(NC(=O)[C@@H](NC(=O)c3ccnn3C(C)C)C(C3CC3)C3CC3)cc2C1. The molecule has 236 valence electrons. The molecule has 11 heteroatoms. The molecule has 44 heavy (non-hydrogen) atoms. The van der Waals surface area contributed by atoms with Gasteiger partial charge in [0.15, 0.2) is 0 Å². The van der Waals surface area contributed by atoms with Crippen LogP contribution in [0.2, 0.25) is 0 Å². The summed E-state index contributed by atoms with van der Waals surface area (Å²) in [5, 5.41) is 16.4. The molecule has 4 aliphatic rings. The van der Waals surface area contributed by atoms with Gasteiger partial charge in [-0.25, -0.2) is 4.79 Å². The number of likely N-dealkylation sites (N-methyl/N-ethyl adjacent to an activating group) is 1. The van der Waals surface area contributed by atoms with Crippen molar-refractivity contribution in [2.45, 2.75) is 89.9 Å². The van der Waals surface area contributed by atoms with E-state index in [0.717, 1.165) is 36.8 Å². The molecule has 11 nitrogen and oxygen atoms in total. The Balaban J connectivity index is 1.23. The molecule has 1 saturated heterocycles. The van der Waals surface area contributed by atoms with Crippen LogP contribution in [0.4, 0.5) is 10.5 Å². The van der Waals surface area contributed by atoms with Gasteiger partial charge in [-0.2, -0.15) is 5.10 Å². The van der Waals surface area contributed by atoms with Crippen molar-refractivity contribution in [2.75, 3.05) is 18.9 Å². The molecule has 2 heterocycles. The second-order valence-electron chi connectivity index (χ2n) is 13.8. The first-order chi connectivity index (χ1) is 21.0. The van der Waals surface area contributed by atoms with Crippen molar-refractivity contribution in [1.29, 1.82) is 0 Å². The van der Waals surface area contributed by atoms with Gasteiger partial charge in [0, 0.05) is 44.4 Å². The van der Waals surface area contributed by atoms with Crippen LogP contribution in [0.5, 0.6) is 0 Å². The summed E-state index contributed by atoms with van der Waals surface area (Å²) >= 11 is 0. The lowest BCUT2D eigenvalue weighted by atomic mass is 9.88. The van der Waals surface area contributed by atoms with Gasteiger partial charge in [-0.3, -0.25) is 19.1 Å². The number of carbonyl (C=O) groups excluding carboxylic acids is 4. The second-order valence-corrected chi connectivity index (χ2v) is 13.8. The van der Waals surface area contributed by atoms with Crippen molar-refractivity contribution in [3.8, 4) is 0 Å². The molecule has 4 N–H and O–H groups in total. The van der Waals surface area contributed by atoms with Crippen LogP contribution >= 0.6 is 0 Å². The van der Waals surface area contributed by atoms with E-state index < -0.39 is 11.6 Å². The largest absolute Gasteiger partial charge is 0.357 e. The predicted octanol–water partition coefficient (Wildman–Crippen LogP) is 3.27. The van der Waals surface area contributed by atoms with Gasteiger partial charge >= 0.3 is 6.03 Å². The fourth-order valence-electron chi connectivity index (χ4n) is 7.32. The van der Waals surface area contributed by atoms with Crippen molar-refractivity contribution in [3.05, 3.63) is 47.3 Å². The van der Waals surface area contributed by atoms with Gasteiger partial charge in [0.1, 0.15) is 17.3 Å². The fourth-order valence-corrected chi connectivity index (χ4v) is 7.32. The summed E-state index contributed by atoms with van der Waals surface area (Å²) in [4.78, 5) is 55.7. The molecule has 6 rings (SSSR count). The second kappa shape index (κ2) is 11.6. The van der Waals surface area contributed by atoms with Gasteiger partial charge in [0.2, 0.25) is 11.8 Å². The van der Waals surface area contributed by atoms with Crippen molar-refractivity contribution in [1.82, 2.24) is 30.6 Å². The molecular formula is C33H45N7O4. The Hall–Kier alpha value is -3.89. The molecule has 3 aliphatic carbocycles. The highest BCUT2D eigenvalue weighted by atomic mass is 16.2. The van der Waals surface area contributed by atoms with E-state index in [4.69, 9.17) is 0 Å². The lowest BCUT2D eigenvalue weighted by Crippen LogP contribution is -2.60. The summed E-state index contributed by atoms with van der Waals surface area (Å²) in [6.07, 6.45) is 6.68. The molecule has 1 aliphatic heterocycles. The molecule has 2 aromatic rings. The maximum atomic E-state index is 14.0. The normalized spacial score (nSPS) is 23.6. The Morgan fingerprint density at radius 2 is 1.68 bits per heavy atom. The minimum Gasteiger partial charge on any atom is -0.357 e. The average molecular weight is 604 g/mol. The first-order valence-electron chi connectivity index (χ1n) is 16.1. The number of nitrogens with one attached hydrogen (secondary N) is 4. The number of amides is 5.